The Hall–Kier alpha value is -3.90. The van der Waals surface area contributed by atoms with Crippen LogP contribution in [0.4, 0.5) is 13.2 Å². The lowest BCUT2D eigenvalue weighted by molar-refractivity contribution is -0.134. The van der Waals surface area contributed by atoms with Crippen LogP contribution in [-0.2, 0) is 14.3 Å². The topological polar surface area (TPSA) is 123 Å². The Morgan fingerprint density at radius 2 is 1.79 bits per heavy atom. The van der Waals surface area contributed by atoms with Crippen LogP contribution in [0.15, 0.2) is 48.6 Å². The molecule has 2 aromatic carbocycles. The molecule has 12 heteroatoms. The predicted molar refractivity (Wildman–Crippen MR) is 113 cm³/mol. The Balaban J connectivity index is 0.000000350. The van der Waals surface area contributed by atoms with Gasteiger partial charge in [0, 0.05) is 31.3 Å². The monoisotopic (exact) mass is 479 g/mol. The number of benzene rings is 2. The quantitative estimate of drug-likeness (QED) is 0.461. The fourth-order valence-corrected chi connectivity index (χ4v) is 3.05. The summed E-state index contributed by atoms with van der Waals surface area (Å²) in [6, 6.07) is 7.19. The fourth-order valence-electron chi connectivity index (χ4n) is 3.05. The lowest BCUT2D eigenvalue weighted by atomic mass is 10.2. The molecular weight excluding hydrogens is 459 g/mol. The molecule has 1 aliphatic rings. The molecule has 1 fully saturated rings. The molecule has 3 N–H and O–H groups in total. The van der Waals surface area contributed by atoms with Gasteiger partial charge in [0.25, 0.3) is 0 Å². The largest absolute Gasteiger partial charge is 0.478 e. The van der Waals surface area contributed by atoms with Crippen LogP contribution in [0.2, 0.25) is 0 Å². The van der Waals surface area contributed by atoms with Crippen molar-refractivity contribution in [3.05, 3.63) is 66.0 Å². The number of aliphatic carboxylic acids is 2. The van der Waals surface area contributed by atoms with Crippen LogP contribution in [0, 0.1) is 17.5 Å². The van der Waals surface area contributed by atoms with Gasteiger partial charge in [0.05, 0.1) is 17.5 Å². The Bertz CT molecular complexity index is 1190. The maximum absolute atomic E-state index is 14.2. The summed E-state index contributed by atoms with van der Waals surface area (Å²) in [5.41, 5.74) is 0.503. The van der Waals surface area contributed by atoms with Crippen LogP contribution in [0.3, 0.4) is 0 Å². The molecule has 180 valence electrons. The molecule has 0 bridgehead atoms. The van der Waals surface area contributed by atoms with Crippen molar-refractivity contribution in [2.75, 3.05) is 26.3 Å². The van der Waals surface area contributed by atoms with Gasteiger partial charge in [0.2, 0.25) is 5.88 Å². The number of carboxylic acid groups (broad SMARTS) is 2. The van der Waals surface area contributed by atoms with Crippen molar-refractivity contribution in [2.45, 2.75) is 6.10 Å². The normalized spacial score (nSPS) is 15.7. The number of hydrogen-bond acceptors (Lipinski definition) is 6. The predicted octanol–water partition coefficient (Wildman–Crippen LogP) is 2.52. The lowest BCUT2D eigenvalue weighted by Gasteiger charge is -2.23. The molecule has 1 saturated heterocycles. The molecule has 2 heterocycles. The lowest BCUT2D eigenvalue weighted by Crippen LogP contribution is -2.41. The number of morpholine rings is 1. The van der Waals surface area contributed by atoms with E-state index >= 15 is 0 Å². The van der Waals surface area contributed by atoms with Gasteiger partial charge in [-0.2, -0.15) is 0 Å². The van der Waals surface area contributed by atoms with Crippen molar-refractivity contribution in [3.63, 3.8) is 0 Å². The van der Waals surface area contributed by atoms with Crippen molar-refractivity contribution in [1.82, 2.24) is 15.1 Å². The molecule has 1 unspecified atom stereocenters. The maximum Gasteiger partial charge on any atom is 0.328 e. The van der Waals surface area contributed by atoms with Gasteiger partial charge >= 0.3 is 11.9 Å². The molecule has 3 aromatic rings. The van der Waals surface area contributed by atoms with Gasteiger partial charge in [0.15, 0.2) is 5.82 Å². The highest BCUT2D eigenvalue weighted by molar-refractivity contribution is 5.89. The van der Waals surface area contributed by atoms with E-state index in [-0.39, 0.29) is 24.3 Å². The molecule has 4 rings (SSSR count). The molecule has 9 nitrogen and oxygen atoms in total. The van der Waals surface area contributed by atoms with E-state index in [1.54, 1.807) is 0 Å². The number of aromatic nitrogens is 2. The number of carbonyl (C=O) groups is 2. The minimum atomic E-state index is -1.26. The number of carboxylic acids is 2. The van der Waals surface area contributed by atoms with Gasteiger partial charge in [-0.1, -0.05) is 0 Å². The molecule has 0 amide bonds. The summed E-state index contributed by atoms with van der Waals surface area (Å²) >= 11 is 0. The minimum absolute atomic E-state index is 0.0495. The smallest absolute Gasteiger partial charge is 0.328 e. The molecule has 0 radical (unpaired) electrons. The second-order valence-corrected chi connectivity index (χ2v) is 6.99. The number of nitrogens with zero attached hydrogens (tertiary/aromatic N) is 2. The SMILES string of the molecule is Fc1ccc(-n2nc(OCC3CNCCO3)c3cc(F)ccc32)c(F)c1.O=C(O)C=CC(=O)O. The summed E-state index contributed by atoms with van der Waals surface area (Å²) in [6.45, 7) is 2.23. The highest BCUT2D eigenvalue weighted by Crippen LogP contribution is 2.29. The van der Waals surface area contributed by atoms with E-state index in [1.807, 2.05) is 0 Å². The Kier molecular flexibility index (Phi) is 8.22. The number of halogens is 3. The number of nitrogens with one attached hydrogen (secondary N) is 1. The van der Waals surface area contributed by atoms with E-state index in [2.05, 4.69) is 10.4 Å². The second kappa shape index (κ2) is 11.3. The number of fused-ring (bicyclic) bond motifs is 1. The number of rotatable bonds is 6. The molecule has 0 spiro atoms. The van der Waals surface area contributed by atoms with Crippen LogP contribution in [-0.4, -0.2) is 64.3 Å². The zero-order valence-corrected chi connectivity index (χ0v) is 17.6. The standard InChI is InChI=1S/C18H16F3N3O2.C4H4O4/c19-11-1-3-16-14(7-11)18(26-10-13-9-22-5-6-25-13)23-24(16)17-4-2-12(20)8-15(17)21;5-3(6)1-2-4(7)8/h1-4,7-8,13,22H,5-6,9-10H2;1-2H,(H,5,6)(H,7,8). The van der Waals surface area contributed by atoms with E-state index in [9.17, 15) is 22.8 Å². The fraction of sp³-hybridized carbons (Fsp3) is 0.227. The first-order valence-corrected chi connectivity index (χ1v) is 9.97. The molecule has 1 atom stereocenters. The van der Waals surface area contributed by atoms with Crippen molar-refractivity contribution in [1.29, 1.82) is 0 Å². The van der Waals surface area contributed by atoms with E-state index in [0.717, 1.165) is 18.7 Å². The Morgan fingerprint density at radius 3 is 2.41 bits per heavy atom. The molecule has 1 aliphatic heterocycles. The van der Waals surface area contributed by atoms with Gasteiger partial charge in [-0.05, 0) is 30.3 Å². The first-order chi connectivity index (χ1) is 16.2. The average molecular weight is 479 g/mol. The summed E-state index contributed by atoms with van der Waals surface area (Å²) < 4.78 is 53.6. The molecule has 0 saturated carbocycles. The zero-order chi connectivity index (χ0) is 24.7. The van der Waals surface area contributed by atoms with Crippen LogP contribution in [0.5, 0.6) is 5.88 Å². The van der Waals surface area contributed by atoms with Gasteiger partial charge < -0.3 is 25.0 Å². The zero-order valence-electron chi connectivity index (χ0n) is 17.6. The summed E-state index contributed by atoms with van der Waals surface area (Å²) in [4.78, 5) is 19.1. The minimum Gasteiger partial charge on any atom is -0.478 e. The second-order valence-electron chi connectivity index (χ2n) is 6.99. The van der Waals surface area contributed by atoms with Crippen molar-refractivity contribution in [2.24, 2.45) is 0 Å². The van der Waals surface area contributed by atoms with Crippen molar-refractivity contribution in [3.8, 4) is 11.6 Å². The van der Waals surface area contributed by atoms with E-state index in [0.29, 0.717) is 36.2 Å². The Morgan fingerprint density at radius 1 is 1.12 bits per heavy atom. The first kappa shape index (κ1) is 24.7. The van der Waals surface area contributed by atoms with Crippen molar-refractivity contribution < 1.29 is 42.4 Å². The molecular formula is C22H20F3N3O6. The van der Waals surface area contributed by atoms with Crippen LogP contribution in [0.25, 0.3) is 16.6 Å². The highest BCUT2D eigenvalue weighted by Gasteiger charge is 2.19. The third-order valence-corrected chi connectivity index (χ3v) is 4.52. The van der Waals surface area contributed by atoms with Crippen LogP contribution >= 0.6 is 0 Å². The first-order valence-electron chi connectivity index (χ1n) is 9.97. The summed E-state index contributed by atoms with van der Waals surface area (Å²) in [5.74, 6) is -4.27. The average Bonchev–Trinajstić information content (AvgIpc) is 3.15. The van der Waals surface area contributed by atoms with Crippen LogP contribution < -0.4 is 10.1 Å². The number of hydrogen-bond donors (Lipinski definition) is 3. The summed E-state index contributed by atoms with van der Waals surface area (Å²) in [5, 5.41) is 23.5. The van der Waals surface area contributed by atoms with Gasteiger partial charge in [0.1, 0.15) is 30.0 Å². The van der Waals surface area contributed by atoms with E-state index in [1.165, 1.54) is 28.9 Å². The summed E-state index contributed by atoms with van der Waals surface area (Å²) in [6.07, 6.45) is 0.963. The van der Waals surface area contributed by atoms with Gasteiger partial charge in [-0.25, -0.2) is 27.4 Å². The molecule has 0 aliphatic carbocycles. The maximum atomic E-state index is 14.2. The Labute approximate surface area is 191 Å². The summed E-state index contributed by atoms with van der Waals surface area (Å²) in [7, 11) is 0. The van der Waals surface area contributed by atoms with E-state index in [4.69, 9.17) is 19.7 Å². The van der Waals surface area contributed by atoms with E-state index < -0.39 is 29.4 Å². The molecule has 34 heavy (non-hydrogen) atoms. The van der Waals surface area contributed by atoms with Gasteiger partial charge in [-0.3, -0.25) is 0 Å². The van der Waals surface area contributed by atoms with Crippen LogP contribution in [0.1, 0.15) is 0 Å². The van der Waals surface area contributed by atoms with Gasteiger partial charge in [-0.15, -0.1) is 5.10 Å². The molecule has 1 aromatic heterocycles. The van der Waals surface area contributed by atoms with Crippen molar-refractivity contribution >= 4 is 22.8 Å². The number of ether oxygens (including phenoxy) is 2. The highest BCUT2D eigenvalue weighted by atomic mass is 19.1. The third-order valence-electron chi connectivity index (χ3n) is 4.52. The third kappa shape index (κ3) is 6.56.